The maximum absolute atomic E-state index is 11.8. The molecule has 0 saturated carbocycles. The predicted octanol–water partition coefficient (Wildman–Crippen LogP) is 1.74. The molecular weight excluding hydrogens is 262 g/mol. The molecule has 6 nitrogen and oxygen atoms in total. The van der Waals surface area contributed by atoms with E-state index < -0.39 is 18.1 Å². The van der Waals surface area contributed by atoms with Gasteiger partial charge in [0.25, 0.3) is 0 Å². The lowest BCUT2D eigenvalue weighted by Crippen LogP contribution is -2.45. The van der Waals surface area contributed by atoms with E-state index in [0.717, 1.165) is 10.5 Å². The van der Waals surface area contributed by atoms with E-state index in [1.807, 2.05) is 30.3 Å². The zero-order valence-electron chi connectivity index (χ0n) is 11.6. The van der Waals surface area contributed by atoms with Gasteiger partial charge < -0.3 is 14.6 Å². The third-order valence-corrected chi connectivity index (χ3v) is 2.73. The van der Waals surface area contributed by atoms with Gasteiger partial charge in [0, 0.05) is 13.7 Å². The number of hydrogen-bond donors (Lipinski definition) is 1. The lowest BCUT2D eigenvalue weighted by Gasteiger charge is -2.23. The highest BCUT2D eigenvalue weighted by molar-refractivity contribution is 5.80. The van der Waals surface area contributed by atoms with Gasteiger partial charge >= 0.3 is 12.1 Å². The summed E-state index contributed by atoms with van der Waals surface area (Å²) in [7, 11) is 1.38. The molecular formula is C14H19NO5. The van der Waals surface area contributed by atoms with Gasteiger partial charge in [-0.25, -0.2) is 9.59 Å². The molecule has 0 aliphatic heterocycles. The first-order valence-corrected chi connectivity index (χ1v) is 6.30. The quantitative estimate of drug-likeness (QED) is 0.824. The smallest absolute Gasteiger partial charge is 0.410 e. The molecule has 0 aromatic heterocycles. The lowest BCUT2D eigenvalue weighted by molar-refractivity contribution is -0.144. The second kappa shape index (κ2) is 8.16. The molecule has 110 valence electrons. The van der Waals surface area contributed by atoms with Crippen LogP contribution in [-0.2, 0) is 20.9 Å². The van der Waals surface area contributed by atoms with Crippen LogP contribution < -0.4 is 0 Å². The number of aliphatic carboxylic acids is 1. The molecule has 0 spiro atoms. The van der Waals surface area contributed by atoms with Gasteiger partial charge in [-0.3, -0.25) is 4.90 Å². The topological polar surface area (TPSA) is 76.1 Å². The minimum atomic E-state index is -1.13. The Labute approximate surface area is 117 Å². The van der Waals surface area contributed by atoms with Crippen molar-refractivity contribution >= 4 is 12.1 Å². The van der Waals surface area contributed by atoms with Crippen molar-refractivity contribution in [1.82, 2.24) is 4.90 Å². The largest absolute Gasteiger partial charge is 0.480 e. The van der Waals surface area contributed by atoms with Crippen molar-refractivity contribution in [3.63, 3.8) is 0 Å². The van der Waals surface area contributed by atoms with Crippen LogP contribution in [0.4, 0.5) is 4.79 Å². The van der Waals surface area contributed by atoms with Crippen LogP contribution in [0.3, 0.4) is 0 Å². The summed E-state index contributed by atoms with van der Waals surface area (Å²) in [5.74, 6) is -1.13. The van der Waals surface area contributed by atoms with Gasteiger partial charge in [0.2, 0.25) is 0 Å². The molecule has 1 unspecified atom stereocenters. The molecule has 1 amide bonds. The Balaban J connectivity index is 2.53. The van der Waals surface area contributed by atoms with Crippen LogP contribution in [0, 0.1) is 0 Å². The van der Waals surface area contributed by atoms with Gasteiger partial charge in [0.1, 0.15) is 6.61 Å². The summed E-state index contributed by atoms with van der Waals surface area (Å²) in [5.41, 5.74) is 0.839. The standard InChI is InChI=1S/C14H19NO5/c1-3-19-10-12(13(16)17)15(2)14(18)20-9-11-7-5-4-6-8-11/h4-8,12H,3,9-10H2,1-2H3,(H,16,17). The molecule has 1 aromatic carbocycles. The minimum Gasteiger partial charge on any atom is -0.480 e. The van der Waals surface area contributed by atoms with E-state index in [2.05, 4.69) is 0 Å². The summed E-state index contributed by atoms with van der Waals surface area (Å²) in [5, 5.41) is 9.07. The Kier molecular flexibility index (Phi) is 6.52. The monoisotopic (exact) mass is 281 g/mol. The van der Waals surface area contributed by atoms with Gasteiger partial charge in [0.05, 0.1) is 6.61 Å². The Morgan fingerprint density at radius 2 is 1.95 bits per heavy atom. The fraction of sp³-hybridized carbons (Fsp3) is 0.429. The molecule has 0 radical (unpaired) electrons. The van der Waals surface area contributed by atoms with Crippen molar-refractivity contribution in [1.29, 1.82) is 0 Å². The normalized spacial score (nSPS) is 11.7. The molecule has 1 atom stereocenters. The molecule has 1 N–H and O–H groups in total. The number of carboxylic acid groups (broad SMARTS) is 1. The summed E-state index contributed by atoms with van der Waals surface area (Å²) >= 11 is 0. The van der Waals surface area contributed by atoms with Crippen molar-refractivity contribution in [3.8, 4) is 0 Å². The van der Waals surface area contributed by atoms with Crippen molar-refractivity contribution in [2.45, 2.75) is 19.6 Å². The number of carbonyl (C=O) groups is 2. The SMILES string of the molecule is CCOCC(C(=O)O)N(C)C(=O)OCc1ccccc1. The highest BCUT2D eigenvalue weighted by atomic mass is 16.6. The number of hydrogen-bond acceptors (Lipinski definition) is 4. The van der Waals surface area contributed by atoms with Crippen LogP contribution in [0.15, 0.2) is 30.3 Å². The summed E-state index contributed by atoms with van der Waals surface area (Å²) in [6.07, 6.45) is -0.694. The van der Waals surface area contributed by atoms with Crippen LogP contribution in [-0.4, -0.2) is 48.4 Å². The van der Waals surface area contributed by atoms with E-state index in [1.54, 1.807) is 6.92 Å². The highest BCUT2D eigenvalue weighted by Gasteiger charge is 2.27. The zero-order valence-corrected chi connectivity index (χ0v) is 11.6. The van der Waals surface area contributed by atoms with Crippen LogP contribution in [0.5, 0.6) is 0 Å². The predicted molar refractivity (Wildman–Crippen MR) is 72.3 cm³/mol. The molecule has 0 saturated heterocycles. The Hall–Kier alpha value is -2.08. The number of nitrogens with zero attached hydrogens (tertiary/aromatic N) is 1. The molecule has 0 aliphatic rings. The zero-order chi connectivity index (χ0) is 15.0. The molecule has 0 heterocycles. The molecule has 6 heteroatoms. The summed E-state index contributed by atoms with van der Waals surface area (Å²) in [6.45, 7) is 2.18. The van der Waals surface area contributed by atoms with Crippen LogP contribution >= 0.6 is 0 Å². The van der Waals surface area contributed by atoms with E-state index in [9.17, 15) is 9.59 Å². The first kappa shape index (κ1) is 16.0. The van der Waals surface area contributed by atoms with Crippen LogP contribution in [0.25, 0.3) is 0 Å². The number of likely N-dealkylation sites (N-methyl/N-ethyl adjacent to an activating group) is 1. The fourth-order valence-electron chi connectivity index (χ4n) is 1.53. The number of ether oxygens (including phenoxy) is 2. The molecule has 0 aliphatic carbocycles. The second-order valence-corrected chi connectivity index (χ2v) is 4.16. The Morgan fingerprint density at radius 1 is 1.30 bits per heavy atom. The average Bonchev–Trinajstić information content (AvgIpc) is 2.45. The van der Waals surface area contributed by atoms with Crippen LogP contribution in [0.1, 0.15) is 12.5 Å². The van der Waals surface area contributed by atoms with Crippen molar-refractivity contribution in [3.05, 3.63) is 35.9 Å². The Bertz CT molecular complexity index is 434. The number of benzene rings is 1. The number of rotatable bonds is 7. The van der Waals surface area contributed by atoms with E-state index in [4.69, 9.17) is 14.6 Å². The van der Waals surface area contributed by atoms with Crippen molar-refractivity contribution < 1.29 is 24.2 Å². The van der Waals surface area contributed by atoms with E-state index in [-0.39, 0.29) is 13.2 Å². The maximum atomic E-state index is 11.8. The highest BCUT2D eigenvalue weighted by Crippen LogP contribution is 2.05. The van der Waals surface area contributed by atoms with E-state index in [1.165, 1.54) is 7.05 Å². The molecule has 0 fully saturated rings. The molecule has 1 aromatic rings. The molecule has 0 bridgehead atoms. The molecule has 1 rings (SSSR count). The fourth-order valence-corrected chi connectivity index (χ4v) is 1.53. The van der Waals surface area contributed by atoms with Crippen molar-refractivity contribution in [2.24, 2.45) is 0 Å². The third-order valence-electron chi connectivity index (χ3n) is 2.73. The van der Waals surface area contributed by atoms with Gasteiger partial charge in [0.15, 0.2) is 6.04 Å². The average molecular weight is 281 g/mol. The van der Waals surface area contributed by atoms with Gasteiger partial charge in [-0.2, -0.15) is 0 Å². The van der Waals surface area contributed by atoms with Crippen LogP contribution in [0.2, 0.25) is 0 Å². The third kappa shape index (κ3) is 4.89. The van der Waals surface area contributed by atoms with E-state index in [0.29, 0.717) is 6.61 Å². The summed E-state index contributed by atoms with van der Waals surface area (Å²) in [4.78, 5) is 23.9. The molecule has 20 heavy (non-hydrogen) atoms. The van der Waals surface area contributed by atoms with E-state index >= 15 is 0 Å². The minimum absolute atomic E-state index is 0.0667. The maximum Gasteiger partial charge on any atom is 0.410 e. The first-order chi connectivity index (χ1) is 9.56. The number of carboxylic acids is 1. The summed E-state index contributed by atoms with van der Waals surface area (Å²) < 4.78 is 10.1. The number of amides is 1. The van der Waals surface area contributed by atoms with Gasteiger partial charge in [-0.05, 0) is 12.5 Å². The summed E-state index contributed by atoms with van der Waals surface area (Å²) in [6, 6.07) is 8.12. The lowest BCUT2D eigenvalue weighted by atomic mass is 10.2. The van der Waals surface area contributed by atoms with Gasteiger partial charge in [-0.15, -0.1) is 0 Å². The van der Waals surface area contributed by atoms with Crippen molar-refractivity contribution in [2.75, 3.05) is 20.3 Å². The van der Waals surface area contributed by atoms with Gasteiger partial charge in [-0.1, -0.05) is 30.3 Å². The Morgan fingerprint density at radius 3 is 2.50 bits per heavy atom. The first-order valence-electron chi connectivity index (χ1n) is 6.30. The number of carbonyl (C=O) groups excluding carboxylic acids is 1. The second-order valence-electron chi connectivity index (χ2n) is 4.16.